The maximum atomic E-state index is 12.6. The molecule has 1 saturated heterocycles. The number of amides is 1. The van der Waals surface area contributed by atoms with Crippen molar-refractivity contribution in [3.05, 3.63) is 16.0 Å². The molecule has 28 heavy (non-hydrogen) atoms. The van der Waals surface area contributed by atoms with Crippen LogP contribution in [-0.2, 0) is 31.9 Å². The first-order valence-corrected chi connectivity index (χ1v) is 10.9. The van der Waals surface area contributed by atoms with Crippen molar-refractivity contribution in [1.29, 1.82) is 0 Å². The summed E-state index contributed by atoms with van der Waals surface area (Å²) >= 11 is 1.49. The molecule has 1 fully saturated rings. The van der Waals surface area contributed by atoms with Crippen molar-refractivity contribution in [2.24, 2.45) is 5.92 Å². The molecule has 0 saturated carbocycles. The number of thiophene rings is 1. The molecule has 154 valence electrons. The summed E-state index contributed by atoms with van der Waals surface area (Å²) in [6, 6.07) is 0. The van der Waals surface area contributed by atoms with Gasteiger partial charge in [-0.1, -0.05) is 0 Å². The summed E-state index contributed by atoms with van der Waals surface area (Å²) in [5.74, 6) is -0.707. The van der Waals surface area contributed by atoms with Gasteiger partial charge in [-0.15, -0.1) is 11.3 Å². The topological polar surface area (TPSA) is 84.9 Å². The van der Waals surface area contributed by atoms with Gasteiger partial charge in [0.15, 0.2) is 0 Å². The summed E-state index contributed by atoms with van der Waals surface area (Å²) in [7, 11) is 0. The van der Waals surface area contributed by atoms with Gasteiger partial charge in [0.1, 0.15) is 5.00 Å². The Morgan fingerprint density at radius 2 is 1.82 bits per heavy atom. The molecular formula is C20H28N2O5S. The minimum absolute atomic E-state index is 0.0741. The molecule has 1 aromatic rings. The Labute approximate surface area is 169 Å². The second-order valence-electron chi connectivity index (χ2n) is 7.13. The van der Waals surface area contributed by atoms with Crippen LogP contribution in [0.1, 0.15) is 53.9 Å². The number of piperidine rings is 1. The van der Waals surface area contributed by atoms with Crippen LogP contribution in [0.4, 0.5) is 5.00 Å². The number of esters is 2. The van der Waals surface area contributed by atoms with Gasteiger partial charge in [-0.3, -0.25) is 14.5 Å². The predicted molar refractivity (Wildman–Crippen MR) is 107 cm³/mol. The minimum Gasteiger partial charge on any atom is -0.466 e. The molecule has 3 rings (SSSR count). The Bertz CT molecular complexity index is 737. The first-order valence-electron chi connectivity index (χ1n) is 10.0. The molecule has 1 N–H and O–H groups in total. The highest BCUT2D eigenvalue weighted by molar-refractivity contribution is 7.17. The number of rotatable bonds is 7. The van der Waals surface area contributed by atoms with E-state index in [1.165, 1.54) is 16.2 Å². The van der Waals surface area contributed by atoms with E-state index in [-0.39, 0.29) is 30.3 Å². The smallest absolute Gasteiger partial charge is 0.341 e. The first kappa shape index (κ1) is 20.8. The van der Waals surface area contributed by atoms with Gasteiger partial charge >= 0.3 is 11.9 Å². The molecule has 0 radical (unpaired) electrons. The van der Waals surface area contributed by atoms with Crippen LogP contribution in [0.25, 0.3) is 0 Å². The predicted octanol–water partition coefficient (Wildman–Crippen LogP) is 2.63. The summed E-state index contributed by atoms with van der Waals surface area (Å²) in [6.07, 6.45) is 4.25. The Kier molecular flexibility index (Phi) is 7.07. The lowest BCUT2D eigenvalue weighted by Gasteiger charge is -2.30. The molecule has 1 aromatic heterocycles. The SMILES string of the molecule is CCOC(=O)c1c(NC(=O)CN2CCC(C(=O)OCC)CC2)sc2c1CCC2. The van der Waals surface area contributed by atoms with Crippen molar-refractivity contribution in [3.63, 3.8) is 0 Å². The zero-order valence-electron chi connectivity index (χ0n) is 16.5. The number of anilines is 1. The lowest BCUT2D eigenvalue weighted by Crippen LogP contribution is -2.41. The van der Waals surface area contributed by atoms with Crippen molar-refractivity contribution in [2.45, 2.75) is 46.0 Å². The van der Waals surface area contributed by atoms with Gasteiger partial charge in [0.25, 0.3) is 0 Å². The van der Waals surface area contributed by atoms with Crippen molar-refractivity contribution in [3.8, 4) is 0 Å². The quantitative estimate of drug-likeness (QED) is 0.698. The average molecular weight is 409 g/mol. The first-order chi connectivity index (χ1) is 13.5. The third kappa shape index (κ3) is 4.72. The van der Waals surface area contributed by atoms with Crippen LogP contribution < -0.4 is 5.32 Å². The van der Waals surface area contributed by atoms with E-state index in [9.17, 15) is 14.4 Å². The van der Waals surface area contributed by atoms with Gasteiger partial charge in [-0.05, 0) is 64.6 Å². The molecule has 0 unspecified atom stereocenters. The number of nitrogens with one attached hydrogen (secondary N) is 1. The molecule has 0 bridgehead atoms. The van der Waals surface area contributed by atoms with E-state index in [2.05, 4.69) is 5.32 Å². The number of nitrogens with zero attached hydrogens (tertiary/aromatic N) is 1. The maximum Gasteiger partial charge on any atom is 0.341 e. The van der Waals surface area contributed by atoms with Crippen LogP contribution in [-0.4, -0.2) is 55.6 Å². The minimum atomic E-state index is -0.354. The second-order valence-corrected chi connectivity index (χ2v) is 8.24. The van der Waals surface area contributed by atoms with Crippen LogP contribution in [0.15, 0.2) is 0 Å². The second kappa shape index (κ2) is 9.52. The van der Waals surface area contributed by atoms with Crippen molar-refractivity contribution in [1.82, 2.24) is 4.90 Å². The van der Waals surface area contributed by atoms with Gasteiger partial charge < -0.3 is 14.8 Å². The number of hydrogen-bond acceptors (Lipinski definition) is 7. The Morgan fingerprint density at radius 1 is 1.11 bits per heavy atom. The van der Waals surface area contributed by atoms with E-state index in [1.54, 1.807) is 6.92 Å². The van der Waals surface area contributed by atoms with Gasteiger partial charge in [-0.25, -0.2) is 4.79 Å². The largest absolute Gasteiger partial charge is 0.466 e. The summed E-state index contributed by atoms with van der Waals surface area (Å²) in [5.41, 5.74) is 1.57. The highest BCUT2D eigenvalue weighted by Crippen LogP contribution is 2.39. The Hall–Kier alpha value is -1.93. The van der Waals surface area contributed by atoms with E-state index < -0.39 is 0 Å². The summed E-state index contributed by atoms with van der Waals surface area (Å²) in [5, 5.41) is 3.53. The molecule has 2 aliphatic rings. The maximum absolute atomic E-state index is 12.6. The number of hydrogen-bond donors (Lipinski definition) is 1. The van der Waals surface area contributed by atoms with Crippen LogP contribution in [0, 0.1) is 5.92 Å². The Balaban J connectivity index is 1.57. The number of aryl methyl sites for hydroxylation is 1. The molecule has 0 spiro atoms. The number of likely N-dealkylation sites (tertiary alicyclic amines) is 1. The van der Waals surface area contributed by atoms with Gasteiger partial charge in [0.05, 0.1) is 31.2 Å². The summed E-state index contributed by atoms with van der Waals surface area (Å²) in [4.78, 5) is 40.0. The zero-order chi connectivity index (χ0) is 20.1. The van der Waals surface area contributed by atoms with E-state index >= 15 is 0 Å². The highest BCUT2D eigenvalue weighted by atomic mass is 32.1. The molecule has 2 heterocycles. The summed E-state index contributed by atoms with van der Waals surface area (Å²) in [6.45, 7) is 5.91. The molecule has 0 aromatic carbocycles. The average Bonchev–Trinajstić information content (AvgIpc) is 3.23. The summed E-state index contributed by atoms with van der Waals surface area (Å²) < 4.78 is 10.3. The van der Waals surface area contributed by atoms with Crippen molar-refractivity contribution in [2.75, 3.05) is 38.2 Å². The number of fused-ring (bicyclic) bond motifs is 1. The van der Waals surface area contributed by atoms with Crippen LogP contribution in [0.3, 0.4) is 0 Å². The van der Waals surface area contributed by atoms with Crippen molar-refractivity contribution >= 4 is 34.2 Å². The van der Waals surface area contributed by atoms with E-state index in [1.807, 2.05) is 11.8 Å². The molecule has 8 heteroatoms. The fraction of sp³-hybridized carbons (Fsp3) is 0.650. The molecule has 1 amide bonds. The fourth-order valence-corrected chi connectivity index (χ4v) is 5.16. The molecule has 0 atom stereocenters. The fourth-order valence-electron chi connectivity index (χ4n) is 3.87. The third-order valence-electron chi connectivity index (χ3n) is 5.23. The van der Waals surface area contributed by atoms with E-state index in [0.717, 1.165) is 24.8 Å². The van der Waals surface area contributed by atoms with Crippen LogP contribution in [0.5, 0.6) is 0 Å². The van der Waals surface area contributed by atoms with E-state index in [4.69, 9.17) is 9.47 Å². The van der Waals surface area contributed by atoms with Crippen LogP contribution >= 0.6 is 11.3 Å². The standard InChI is InChI=1S/C20H28N2O5S/c1-3-26-19(24)13-8-10-22(11-9-13)12-16(23)21-18-17(20(25)27-4-2)14-6-5-7-15(14)28-18/h13H,3-12H2,1-2H3,(H,21,23). The highest BCUT2D eigenvalue weighted by Gasteiger charge is 2.30. The number of carbonyl (C=O) groups is 3. The normalized spacial score (nSPS) is 17.2. The van der Waals surface area contributed by atoms with Gasteiger partial charge in [0.2, 0.25) is 5.91 Å². The lowest BCUT2D eigenvalue weighted by molar-refractivity contribution is -0.149. The molecule has 1 aliphatic heterocycles. The zero-order valence-corrected chi connectivity index (χ0v) is 17.4. The monoisotopic (exact) mass is 408 g/mol. The van der Waals surface area contributed by atoms with Gasteiger partial charge in [-0.2, -0.15) is 0 Å². The van der Waals surface area contributed by atoms with E-state index in [0.29, 0.717) is 49.7 Å². The van der Waals surface area contributed by atoms with Crippen LogP contribution in [0.2, 0.25) is 0 Å². The number of ether oxygens (including phenoxy) is 2. The molecular weight excluding hydrogens is 380 g/mol. The van der Waals surface area contributed by atoms with Gasteiger partial charge in [0, 0.05) is 4.88 Å². The van der Waals surface area contributed by atoms with Crippen molar-refractivity contribution < 1.29 is 23.9 Å². The Morgan fingerprint density at radius 3 is 2.50 bits per heavy atom. The lowest BCUT2D eigenvalue weighted by atomic mass is 9.97. The molecule has 7 nitrogen and oxygen atoms in total. The molecule has 1 aliphatic carbocycles. The third-order valence-corrected chi connectivity index (χ3v) is 6.44. The number of carbonyl (C=O) groups excluding carboxylic acids is 3.